The Morgan fingerprint density at radius 2 is 1.96 bits per heavy atom. The first kappa shape index (κ1) is 18.7. The smallest absolute Gasteiger partial charge is 0.353 e. The van der Waals surface area contributed by atoms with E-state index in [0.717, 1.165) is 0 Å². The lowest BCUT2D eigenvalue weighted by Crippen LogP contribution is -2.51. The fourth-order valence-electron chi connectivity index (χ4n) is 3.71. The Balaban J connectivity index is 1.59. The van der Waals surface area contributed by atoms with Crippen molar-refractivity contribution in [2.24, 2.45) is 0 Å². The summed E-state index contributed by atoms with van der Waals surface area (Å²) in [5, 5.41) is 12.0. The van der Waals surface area contributed by atoms with E-state index in [1.165, 1.54) is 12.4 Å². The predicted molar refractivity (Wildman–Crippen MR) is 103 cm³/mol. The molecule has 0 unspecified atom stereocenters. The third-order valence-corrected chi connectivity index (χ3v) is 5.60. The van der Waals surface area contributed by atoms with Crippen LogP contribution in [0.4, 0.5) is 17.3 Å². The molecule has 0 atom stereocenters. The fraction of sp³-hybridized carbons (Fsp3) is 0.353. The van der Waals surface area contributed by atoms with Gasteiger partial charge in [0.15, 0.2) is 5.78 Å². The number of rotatable bonds is 2. The summed E-state index contributed by atoms with van der Waals surface area (Å²) in [7, 11) is 0. The lowest BCUT2D eigenvalue weighted by Gasteiger charge is -2.44. The van der Waals surface area contributed by atoms with Gasteiger partial charge in [-0.3, -0.25) is 14.9 Å². The highest BCUT2D eigenvalue weighted by atomic mass is 35.5. The highest BCUT2D eigenvalue weighted by Crippen LogP contribution is 2.45. The molecule has 4 rings (SSSR count). The van der Waals surface area contributed by atoms with Gasteiger partial charge in [-0.1, -0.05) is 23.2 Å². The number of fused-ring (bicyclic) bond motifs is 1. The summed E-state index contributed by atoms with van der Waals surface area (Å²) in [4.78, 5) is 32.9. The molecule has 0 saturated carbocycles. The minimum absolute atomic E-state index is 0.0867. The van der Waals surface area contributed by atoms with E-state index in [1.54, 1.807) is 11.0 Å². The molecule has 1 spiro atoms. The topological polar surface area (TPSA) is 124 Å². The minimum atomic E-state index is -0.717. The number of nitrogen functional groups attached to an aromatic ring is 1. The number of piperidine rings is 1. The van der Waals surface area contributed by atoms with Crippen molar-refractivity contribution in [2.75, 3.05) is 23.7 Å². The van der Waals surface area contributed by atoms with Gasteiger partial charge in [0.25, 0.3) is 0 Å². The molecule has 2 aliphatic heterocycles. The zero-order valence-corrected chi connectivity index (χ0v) is 16.0. The van der Waals surface area contributed by atoms with Crippen LogP contribution in [0.25, 0.3) is 0 Å². The Hall–Kier alpha value is -2.65. The van der Waals surface area contributed by atoms with Crippen molar-refractivity contribution >= 4 is 46.3 Å². The van der Waals surface area contributed by atoms with E-state index < -0.39 is 10.5 Å². The van der Waals surface area contributed by atoms with Crippen molar-refractivity contribution in [1.82, 2.24) is 9.97 Å². The van der Waals surface area contributed by atoms with Gasteiger partial charge in [-0.25, -0.2) is 9.97 Å². The van der Waals surface area contributed by atoms with E-state index >= 15 is 0 Å². The number of benzene rings is 1. The van der Waals surface area contributed by atoms with E-state index in [9.17, 15) is 14.9 Å². The molecule has 0 amide bonds. The lowest BCUT2D eigenvalue weighted by atomic mass is 9.82. The average Bonchev–Trinajstić information content (AvgIpc) is 2.63. The van der Waals surface area contributed by atoms with Crippen molar-refractivity contribution in [1.29, 1.82) is 0 Å². The van der Waals surface area contributed by atoms with Gasteiger partial charge in [-0.15, -0.1) is 0 Å². The number of nitro groups is 1. The largest absolute Gasteiger partial charge is 0.484 e. The van der Waals surface area contributed by atoms with Crippen molar-refractivity contribution in [3.63, 3.8) is 0 Å². The molecule has 146 valence electrons. The van der Waals surface area contributed by atoms with Gasteiger partial charge in [0.2, 0.25) is 11.6 Å². The molecule has 0 aliphatic carbocycles. The number of nitrogens with zero attached hydrogens (tertiary/aromatic N) is 4. The Morgan fingerprint density at radius 3 is 2.64 bits per heavy atom. The number of carbonyl (C=O) groups excluding carboxylic acids is 1. The molecule has 9 nitrogen and oxygen atoms in total. The van der Waals surface area contributed by atoms with E-state index in [2.05, 4.69) is 9.97 Å². The van der Waals surface area contributed by atoms with Crippen LogP contribution in [0, 0.1) is 10.1 Å². The number of hydrogen-bond donors (Lipinski definition) is 1. The van der Waals surface area contributed by atoms with Crippen LogP contribution in [-0.2, 0) is 0 Å². The standard InChI is InChI=1S/C17H15Cl2N5O4/c18-9-5-10-12(25)7-17(28-14(10)11(19)6-9)1-3-23(4-2-17)16-13(24(26)27)15(20)21-8-22-16/h5-6,8H,1-4,7H2,(H2,20,21,22). The van der Waals surface area contributed by atoms with Crippen LogP contribution in [-0.4, -0.2) is 39.4 Å². The van der Waals surface area contributed by atoms with E-state index in [0.29, 0.717) is 42.3 Å². The fourth-order valence-corrected chi connectivity index (χ4v) is 4.24. The summed E-state index contributed by atoms with van der Waals surface area (Å²) < 4.78 is 6.17. The van der Waals surface area contributed by atoms with E-state index in [4.69, 9.17) is 33.7 Å². The summed E-state index contributed by atoms with van der Waals surface area (Å²) in [5.74, 6) is 0.237. The molecule has 11 heteroatoms. The number of aromatic nitrogens is 2. The molecule has 2 aromatic rings. The van der Waals surface area contributed by atoms with E-state index in [1.807, 2.05) is 0 Å². The van der Waals surface area contributed by atoms with Crippen molar-refractivity contribution in [3.8, 4) is 5.75 Å². The van der Waals surface area contributed by atoms with Crippen LogP contribution in [0.3, 0.4) is 0 Å². The van der Waals surface area contributed by atoms with Crippen LogP contribution in [0.1, 0.15) is 29.6 Å². The molecule has 1 aromatic carbocycles. The van der Waals surface area contributed by atoms with Gasteiger partial charge < -0.3 is 15.4 Å². The monoisotopic (exact) mass is 423 g/mol. The molecule has 28 heavy (non-hydrogen) atoms. The number of halogens is 2. The number of ether oxygens (including phenoxy) is 1. The minimum Gasteiger partial charge on any atom is -0.484 e. The van der Waals surface area contributed by atoms with Gasteiger partial charge in [-0.2, -0.15) is 0 Å². The molecule has 3 heterocycles. The highest BCUT2D eigenvalue weighted by molar-refractivity contribution is 6.36. The Morgan fingerprint density at radius 1 is 1.25 bits per heavy atom. The lowest BCUT2D eigenvalue weighted by molar-refractivity contribution is -0.383. The van der Waals surface area contributed by atoms with Crippen LogP contribution < -0.4 is 15.4 Å². The number of carbonyl (C=O) groups is 1. The van der Waals surface area contributed by atoms with Crippen molar-refractivity contribution in [2.45, 2.75) is 24.9 Å². The second-order valence-electron chi connectivity index (χ2n) is 6.82. The van der Waals surface area contributed by atoms with Gasteiger partial charge >= 0.3 is 5.69 Å². The van der Waals surface area contributed by atoms with Gasteiger partial charge in [0.05, 0.1) is 21.9 Å². The normalized spacial score (nSPS) is 17.9. The molecule has 0 radical (unpaired) electrons. The molecule has 1 fully saturated rings. The Labute approximate surface area is 169 Å². The molecular formula is C17H15Cl2N5O4. The van der Waals surface area contributed by atoms with Crippen LogP contribution in [0.15, 0.2) is 18.5 Å². The molecule has 1 aromatic heterocycles. The zero-order chi connectivity index (χ0) is 20.1. The van der Waals surface area contributed by atoms with Crippen molar-refractivity contribution in [3.05, 3.63) is 44.2 Å². The predicted octanol–water partition coefficient (Wildman–Crippen LogP) is 3.28. The first-order valence-corrected chi connectivity index (χ1v) is 9.26. The summed E-state index contributed by atoms with van der Waals surface area (Å²) in [6, 6.07) is 3.09. The maximum atomic E-state index is 12.7. The van der Waals surface area contributed by atoms with Gasteiger partial charge in [-0.05, 0) is 12.1 Å². The van der Waals surface area contributed by atoms with Crippen LogP contribution in [0.5, 0.6) is 5.75 Å². The van der Waals surface area contributed by atoms with Crippen LogP contribution >= 0.6 is 23.2 Å². The molecule has 2 N–H and O–H groups in total. The summed E-state index contributed by atoms with van der Waals surface area (Å²) in [6.07, 6.45) is 2.33. The second kappa shape index (κ2) is 6.75. The number of Topliss-reactive ketones (excluding diaryl/α,β-unsaturated/α-hetero) is 1. The van der Waals surface area contributed by atoms with Crippen LogP contribution in [0.2, 0.25) is 10.0 Å². The SMILES string of the molecule is Nc1ncnc(N2CCC3(CC2)CC(=O)c2cc(Cl)cc(Cl)c2O3)c1[N+](=O)[O-]. The number of hydrogen-bond acceptors (Lipinski definition) is 8. The maximum absolute atomic E-state index is 12.7. The third kappa shape index (κ3) is 3.10. The quantitative estimate of drug-likeness (QED) is 0.575. The average molecular weight is 424 g/mol. The van der Waals surface area contributed by atoms with E-state index in [-0.39, 0.29) is 34.5 Å². The third-order valence-electron chi connectivity index (χ3n) is 5.10. The van der Waals surface area contributed by atoms with Gasteiger partial charge in [0, 0.05) is 31.0 Å². The Kier molecular flexibility index (Phi) is 4.51. The zero-order valence-electron chi connectivity index (χ0n) is 14.5. The highest BCUT2D eigenvalue weighted by Gasteiger charge is 2.44. The first-order valence-electron chi connectivity index (χ1n) is 8.51. The number of ketones is 1. The maximum Gasteiger partial charge on any atom is 0.353 e. The summed E-state index contributed by atoms with van der Waals surface area (Å²) in [5.41, 5.74) is 5.00. The molecule has 1 saturated heterocycles. The molecule has 0 bridgehead atoms. The van der Waals surface area contributed by atoms with Gasteiger partial charge in [0.1, 0.15) is 17.7 Å². The summed E-state index contributed by atoms with van der Waals surface area (Å²) >= 11 is 12.2. The second-order valence-corrected chi connectivity index (χ2v) is 7.67. The van der Waals surface area contributed by atoms with Crippen molar-refractivity contribution < 1.29 is 14.5 Å². The number of nitrogens with two attached hydrogens (primary N) is 1. The molecule has 2 aliphatic rings. The molecular weight excluding hydrogens is 409 g/mol. The number of anilines is 2. The Bertz CT molecular complexity index is 992. The summed E-state index contributed by atoms with van der Waals surface area (Å²) in [6.45, 7) is 0.816. The first-order chi connectivity index (χ1) is 13.3.